The Hall–Kier alpha value is -1.69. The quantitative estimate of drug-likeness (QED) is 0.819. The highest BCUT2D eigenvalue weighted by Crippen LogP contribution is 2.23. The molecule has 2 rings (SSSR count). The van der Waals surface area contributed by atoms with Gasteiger partial charge in [0.05, 0.1) is 5.75 Å². The van der Waals surface area contributed by atoms with Crippen LogP contribution in [0.15, 0.2) is 29.2 Å². The second kappa shape index (κ2) is 5.97. The van der Waals surface area contributed by atoms with Gasteiger partial charge in [-0.15, -0.1) is 11.8 Å². The molecule has 1 saturated heterocycles. The third-order valence-electron chi connectivity index (χ3n) is 3.06. The summed E-state index contributed by atoms with van der Waals surface area (Å²) in [6.45, 7) is 0.520. The van der Waals surface area contributed by atoms with Gasteiger partial charge in [0.25, 0.3) is 0 Å². The molecule has 5 nitrogen and oxygen atoms in total. The summed E-state index contributed by atoms with van der Waals surface area (Å²) in [6, 6.07) is 5.90. The molecule has 1 atom stereocenters. The van der Waals surface area contributed by atoms with Crippen LogP contribution in [0.5, 0.6) is 5.75 Å². The second-order valence-electron chi connectivity index (χ2n) is 4.37. The van der Waals surface area contributed by atoms with Crippen molar-refractivity contribution in [1.29, 1.82) is 0 Å². The van der Waals surface area contributed by atoms with Crippen molar-refractivity contribution in [2.24, 2.45) is 0 Å². The highest BCUT2D eigenvalue weighted by molar-refractivity contribution is 8.00. The molecule has 1 amide bonds. The first kappa shape index (κ1) is 13.7. The number of nitrogens with zero attached hydrogens (tertiary/aromatic N) is 1. The molecule has 0 aliphatic carbocycles. The summed E-state index contributed by atoms with van der Waals surface area (Å²) in [5, 5.41) is 18.2. The lowest BCUT2D eigenvalue weighted by Gasteiger charge is -2.21. The Morgan fingerprint density at radius 3 is 2.63 bits per heavy atom. The number of aromatic hydroxyl groups is 1. The Morgan fingerprint density at radius 2 is 2.00 bits per heavy atom. The van der Waals surface area contributed by atoms with Crippen LogP contribution in [-0.4, -0.2) is 45.3 Å². The Balaban J connectivity index is 1.90. The predicted molar refractivity (Wildman–Crippen MR) is 71.2 cm³/mol. The Labute approximate surface area is 115 Å². The van der Waals surface area contributed by atoms with Crippen LogP contribution in [0, 0.1) is 0 Å². The van der Waals surface area contributed by atoms with Crippen molar-refractivity contribution in [2.75, 3.05) is 12.3 Å². The van der Waals surface area contributed by atoms with E-state index in [0.717, 1.165) is 11.3 Å². The molecule has 1 aliphatic rings. The molecule has 1 fully saturated rings. The summed E-state index contributed by atoms with van der Waals surface area (Å²) in [4.78, 5) is 25.3. The monoisotopic (exact) mass is 281 g/mol. The fraction of sp³-hybridized carbons (Fsp3) is 0.385. The van der Waals surface area contributed by atoms with Gasteiger partial charge in [-0.3, -0.25) is 4.79 Å². The lowest BCUT2D eigenvalue weighted by Crippen LogP contribution is -2.41. The van der Waals surface area contributed by atoms with E-state index < -0.39 is 12.0 Å². The number of aliphatic carboxylic acids is 1. The van der Waals surface area contributed by atoms with E-state index >= 15 is 0 Å². The Kier molecular flexibility index (Phi) is 4.31. The molecule has 0 radical (unpaired) electrons. The van der Waals surface area contributed by atoms with Gasteiger partial charge in [0.1, 0.15) is 11.8 Å². The molecule has 19 heavy (non-hydrogen) atoms. The van der Waals surface area contributed by atoms with Gasteiger partial charge in [-0.2, -0.15) is 0 Å². The molecular formula is C13H15NO4S. The van der Waals surface area contributed by atoms with Crippen LogP contribution in [0.25, 0.3) is 0 Å². The van der Waals surface area contributed by atoms with Gasteiger partial charge in [0.2, 0.25) is 5.91 Å². The molecule has 1 heterocycles. The second-order valence-corrected chi connectivity index (χ2v) is 5.41. The van der Waals surface area contributed by atoms with E-state index in [1.807, 2.05) is 0 Å². The largest absolute Gasteiger partial charge is 0.508 e. The molecule has 1 aromatic rings. The van der Waals surface area contributed by atoms with Crippen molar-refractivity contribution in [3.8, 4) is 5.75 Å². The number of hydrogen-bond acceptors (Lipinski definition) is 4. The van der Waals surface area contributed by atoms with Gasteiger partial charge in [0.15, 0.2) is 0 Å². The van der Waals surface area contributed by atoms with E-state index in [1.54, 1.807) is 24.3 Å². The molecular weight excluding hydrogens is 266 g/mol. The lowest BCUT2D eigenvalue weighted by molar-refractivity contribution is -0.147. The highest BCUT2D eigenvalue weighted by atomic mass is 32.2. The highest BCUT2D eigenvalue weighted by Gasteiger charge is 2.33. The number of hydrogen-bond donors (Lipinski definition) is 2. The number of carboxylic acid groups (broad SMARTS) is 1. The minimum absolute atomic E-state index is 0.150. The summed E-state index contributed by atoms with van der Waals surface area (Å²) in [5.41, 5.74) is 0. The number of likely N-dealkylation sites (tertiary alicyclic amines) is 1. The maximum absolute atomic E-state index is 12.0. The SMILES string of the molecule is O=C(O)[C@H]1CCCN1C(=O)CSc1ccc(O)cc1. The van der Waals surface area contributed by atoms with Gasteiger partial charge in [-0.1, -0.05) is 0 Å². The zero-order valence-electron chi connectivity index (χ0n) is 10.3. The lowest BCUT2D eigenvalue weighted by atomic mass is 10.2. The van der Waals surface area contributed by atoms with E-state index in [9.17, 15) is 9.59 Å². The van der Waals surface area contributed by atoms with Crippen LogP contribution in [-0.2, 0) is 9.59 Å². The van der Waals surface area contributed by atoms with Crippen molar-refractivity contribution in [3.63, 3.8) is 0 Å². The van der Waals surface area contributed by atoms with Crippen LogP contribution in [0.2, 0.25) is 0 Å². The normalized spacial score (nSPS) is 18.5. The maximum Gasteiger partial charge on any atom is 0.326 e. The standard InChI is InChI=1S/C13H15NO4S/c15-9-3-5-10(6-4-9)19-8-12(16)14-7-1-2-11(14)13(17)18/h3-6,11,15H,1-2,7-8H2,(H,17,18)/t11-/m1/s1. The van der Waals surface area contributed by atoms with E-state index in [4.69, 9.17) is 10.2 Å². The van der Waals surface area contributed by atoms with Gasteiger partial charge in [-0.25, -0.2) is 4.79 Å². The Morgan fingerprint density at radius 1 is 1.32 bits per heavy atom. The maximum atomic E-state index is 12.0. The van der Waals surface area contributed by atoms with Gasteiger partial charge >= 0.3 is 5.97 Å². The molecule has 0 aromatic heterocycles. The molecule has 0 saturated carbocycles. The number of amides is 1. The van der Waals surface area contributed by atoms with Crippen molar-refractivity contribution in [2.45, 2.75) is 23.8 Å². The smallest absolute Gasteiger partial charge is 0.326 e. The average Bonchev–Trinajstić information content (AvgIpc) is 2.87. The fourth-order valence-electron chi connectivity index (χ4n) is 2.09. The minimum Gasteiger partial charge on any atom is -0.508 e. The summed E-state index contributed by atoms with van der Waals surface area (Å²) >= 11 is 1.34. The van der Waals surface area contributed by atoms with Gasteiger partial charge in [-0.05, 0) is 37.1 Å². The van der Waals surface area contributed by atoms with Gasteiger partial charge in [0, 0.05) is 11.4 Å². The molecule has 0 bridgehead atoms. The van der Waals surface area contributed by atoms with Crippen molar-refractivity contribution in [3.05, 3.63) is 24.3 Å². The molecule has 102 valence electrons. The van der Waals surface area contributed by atoms with E-state index in [2.05, 4.69) is 0 Å². The van der Waals surface area contributed by atoms with Crippen LogP contribution < -0.4 is 0 Å². The summed E-state index contributed by atoms with van der Waals surface area (Å²) in [7, 11) is 0. The van der Waals surface area contributed by atoms with Crippen molar-refractivity contribution < 1.29 is 19.8 Å². The van der Waals surface area contributed by atoms with E-state index in [0.29, 0.717) is 13.0 Å². The third kappa shape index (κ3) is 3.41. The number of carbonyl (C=O) groups is 2. The number of thioether (sulfide) groups is 1. The summed E-state index contributed by atoms with van der Waals surface area (Å²) in [6.07, 6.45) is 1.28. The zero-order valence-corrected chi connectivity index (χ0v) is 11.1. The first-order valence-electron chi connectivity index (χ1n) is 6.02. The average molecular weight is 281 g/mol. The molecule has 6 heteroatoms. The number of carboxylic acids is 1. The summed E-state index contributed by atoms with van der Waals surface area (Å²) in [5.74, 6) is -0.682. The minimum atomic E-state index is -0.930. The van der Waals surface area contributed by atoms with Crippen LogP contribution >= 0.6 is 11.8 Å². The first-order valence-corrected chi connectivity index (χ1v) is 7.00. The number of benzene rings is 1. The number of carbonyl (C=O) groups excluding carboxylic acids is 1. The van der Waals surface area contributed by atoms with Crippen LogP contribution in [0.1, 0.15) is 12.8 Å². The van der Waals surface area contributed by atoms with E-state index in [1.165, 1.54) is 16.7 Å². The topological polar surface area (TPSA) is 77.8 Å². The zero-order chi connectivity index (χ0) is 13.8. The number of phenols is 1. The molecule has 2 N–H and O–H groups in total. The number of rotatable bonds is 4. The molecule has 0 unspecified atom stereocenters. The van der Waals surface area contributed by atoms with Crippen molar-refractivity contribution in [1.82, 2.24) is 4.90 Å². The molecule has 1 aromatic carbocycles. The van der Waals surface area contributed by atoms with Gasteiger partial charge < -0.3 is 15.1 Å². The van der Waals surface area contributed by atoms with Crippen molar-refractivity contribution >= 4 is 23.6 Å². The fourth-order valence-corrected chi connectivity index (χ4v) is 2.88. The number of phenolic OH excluding ortho intramolecular Hbond substituents is 1. The third-order valence-corrected chi connectivity index (χ3v) is 4.05. The van der Waals surface area contributed by atoms with Crippen LogP contribution in [0.3, 0.4) is 0 Å². The summed E-state index contributed by atoms with van der Waals surface area (Å²) < 4.78 is 0. The predicted octanol–water partition coefficient (Wildman–Crippen LogP) is 1.56. The molecule has 0 spiro atoms. The molecule has 1 aliphatic heterocycles. The van der Waals surface area contributed by atoms with Crippen LogP contribution in [0.4, 0.5) is 0 Å². The van der Waals surface area contributed by atoms with E-state index in [-0.39, 0.29) is 17.4 Å². The first-order chi connectivity index (χ1) is 9.08. The Bertz CT molecular complexity index is 474.